The van der Waals surface area contributed by atoms with Crippen molar-refractivity contribution in [3.63, 3.8) is 0 Å². The Morgan fingerprint density at radius 3 is 3.04 bits per heavy atom. The van der Waals surface area contributed by atoms with Gasteiger partial charge in [-0.25, -0.2) is 9.48 Å². The van der Waals surface area contributed by atoms with Crippen molar-refractivity contribution in [2.75, 3.05) is 13.7 Å². The zero-order valence-electron chi connectivity index (χ0n) is 13.0. The van der Waals surface area contributed by atoms with Crippen molar-refractivity contribution in [1.29, 1.82) is 0 Å². The number of H-pyrrole nitrogens is 1. The number of nitrogens with zero attached hydrogens (tertiary/aromatic N) is 2. The van der Waals surface area contributed by atoms with E-state index in [4.69, 9.17) is 17.0 Å². The van der Waals surface area contributed by atoms with E-state index in [2.05, 4.69) is 26.0 Å². The number of aromatic nitrogens is 3. The first-order valence-electron chi connectivity index (χ1n) is 7.52. The Hall–Kier alpha value is -1.55. The molecule has 3 atom stereocenters. The average Bonchev–Trinajstić information content (AvgIpc) is 3.10. The van der Waals surface area contributed by atoms with Gasteiger partial charge in [0.2, 0.25) is 4.77 Å². The van der Waals surface area contributed by atoms with Crippen LogP contribution in [0.4, 0.5) is 0 Å². The number of rotatable bonds is 4. The van der Waals surface area contributed by atoms with Crippen molar-refractivity contribution < 1.29 is 19.5 Å². The summed E-state index contributed by atoms with van der Waals surface area (Å²) in [5.41, 5.74) is 0.906. The molecule has 1 aliphatic heterocycles. The molecule has 0 radical (unpaired) electrons. The number of aliphatic hydroxyl groups is 1. The van der Waals surface area contributed by atoms with E-state index in [0.29, 0.717) is 30.2 Å². The van der Waals surface area contributed by atoms with E-state index in [-0.39, 0.29) is 5.97 Å². The van der Waals surface area contributed by atoms with Crippen LogP contribution in [0.25, 0.3) is 11.4 Å². The summed E-state index contributed by atoms with van der Waals surface area (Å²) in [7, 11) is 1.36. The van der Waals surface area contributed by atoms with Crippen LogP contribution in [0.15, 0.2) is 28.7 Å². The molecule has 0 spiro atoms. The van der Waals surface area contributed by atoms with Gasteiger partial charge in [0.05, 0.1) is 7.11 Å². The molecule has 1 aromatic heterocycles. The smallest absolute Gasteiger partial charge is 0.364 e. The molecule has 1 saturated heterocycles. The van der Waals surface area contributed by atoms with E-state index in [1.165, 1.54) is 7.11 Å². The van der Waals surface area contributed by atoms with Crippen LogP contribution >= 0.6 is 28.1 Å². The largest absolute Gasteiger partial charge is 0.465 e. The predicted molar refractivity (Wildman–Crippen MR) is 92.8 cm³/mol. The molecule has 2 aromatic rings. The van der Waals surface area contributed by atoms with Crippen molar-refractivity contribution in [1.82, 2.24) is 14.8 Å². The molecule has 1 aliphatic rings. The summed E-state index contributed by atoms with van der Waals surface area (Å²) in [4.78, 5) is 17.2. The number of aliphatic hydroxyl groups excluding tert-OH is 1. The van der Waals surface area contributed by atoms with Crippen LogP contribution in [-0.4, -0.2) is 51.6 Å². The Bertz CT molecular complexity index is 806. The fraction of sp³-hybridized carbons (Fsp3) is 0.400. The van der Waals surface area contributed by atoms with Crippen LogP contribution in [0.3, 0.4) is 0 Å². The van der Waals surface area contributed by atoms with E-state index < -0.39 is 12.1 Å². The Labute approximate surface area is 152 Å². The first-order valence-corrected chi connectivity index (χ1v) is 8.72. The van der Waals surface area contributed by atoms with Crippen molar-refractivity contribution in [2.24, 2.45) is 0 Å². The summed E-state index contributed by atoms with van der Waals surface area (Å²) >= 11 is 8.82. The number of nitrogens with one attached hydrogen (secondary N) is 2. The zero-order chi connectivity index (χ0) is 17.3. The third kappa shape index (κ3) is 3.44. The van der Waals surface area contributed by atoms with Gasteiger partial charge >= 0.3 is 5.97 Å². The highest BCUT2D eigenvalue weighted by atomic mass is 79.9. The van der Waals surface area contributed by atoms with E-state index in [1.807, 2.05) is 24.3 Å². The maximum Gasteiger partial charge on any atom is 0.364 e. The van der Waals surface area contributed by atoms with Crippen LogP contribution < -0.4 is 4.90 Å². The number of ether oxygens (including phenoxy) is 1. The number of halogens is 1. The number of benzene rings is 1. The molecule has 7 nitrogen and oxygen atoms in total. The summed E-state index contributed by atoms with van der Waals surface area (Å²) < 4.78 is 7.86. The second kappa shape index (κ2) is 7.14. The first kappa shape index (κ1) is 17.3. The highest BCUT2D eigenvalue weighted by Gasteiger charge is 2.41. The van der Waals surface area contributed by atoms with Crippen molar-refractivity contribution in [3.8, 4) is 11.4 Å². The Kier molecular flexibility index (Phi) is 5.14. The molecule has 1 aromatic carbocycles. The molecular weight excluding hydrogens is 396 g/mol. The molecule has 128 valence electrons. The standard InChI is InChI=1S/C15H17BrN4O3S/c1-23-14(22)12-6-9(21)7-19(12)8-20-15(24)17-13(18-20)10-4-2-3-5-11(10)16/h2-5,9,12,21H,6-8H2,1H3,(H,17,18,24)/p+1/t9-,12-/m0/s1. The minimum Gasteiger partial charge on any atom is -0.465 e. The Balaban J connectivity index is 1.85. The highest BCUT2D eigenvalue weighted by molar-refractivity contribution is 9.10. The number of methoxy groups -OCH3 is 1. The van der Waals surface area contributed by atoms with E-state index in [0.717, 1.165) is 14.9 Å². The van der Waals surface area contributed by atoms with Crippen LogP contribution in [0.1, 0.15) is 6.42 Å². The normalized spacial score (nSPS) is 23.4. The number of esters is 1. The molecule has 0 bridgehead atoms. The van der Waals surface area contributed by atoms with Gasteiger partial charge in [0.15, 0.2) is 18.5 Å². The van der Waals surface area contributed by atoms with E-state index in [9.17, 15) is 9.90 Å². The second-order valence-electron chi connectivity index (χ2n) is 5.75. The van der Waals surface area contributed by atoms with Crippen LogP contribution in [0.5, 0.6) is 0 Å². The fourth-order valence-corrected chi connectivity index (χ4v) is 3.66. The lowest BCUT2D eigenvalue weighted by atomic mass is 10.2. The molecule has 1 unspecified atom stereocenters. The number of hydrogen-bond donors (Lipinski definition) is 3. The van der Waals surface area contributed by atoms with Gasteiger partial charge in [-0.2, -0.15) is 4.98 Å². The molecule has 0 saturated carbocycles. The minimum atomic E-state index is -0.524. The highest BCUT2D eigenvalue weighted by Crippen LogP contribution is 2.24. The molecule has 3 N–H and O–H groups in total. The average molecular weight is 414 g/mol. The summed E-state index contributed by atoms with van der Waals surface area (Å²) in [5.74, 6) is 0.333. The predicted octanol–water partition coefficient (Wildman–Crippen LogP) is 0.519. The molecule has 2 heterocycles. The van der Waals surface area contributed by atoms with Crippen LogP contribution in [0.2, 0.25) is 0 Å². The van der Waals surface area contributed by atoms with Gasteiger partial charge in [-0.05, 0) is 18.3 Å². The molecule has 3 rings (SSSR count). The number of quaternary nitrogens is 1. The van der Waals surface area contributed by atoms with Gasteiger partial charge in [-0.1, -0.05) is 34.1 Å². The lowest BCUT2D eigenvalue weighted by Gasteiger charge is -2.19. The summed E-state index contributed by atoms with van der Waals surface area (Å²) in [6.07, 6.45) is -0.135. The van der Waals surface area contributed by atoms with Gasteiger partial charge in [0.25, 0.3) is 0 Å². The quantitative estimate of drug-likeness (QED) is 0.502. The molecule has 9 heteroatoms. The van der Waals surface area contributed by atoms with Gasteiger partial charge < -0.3 is 14.7 Å². The maximum atomic E-state index is 11.9. The van der Waals surface area contributed by atoms with Gasteiger partial charge in [-0.3, -0.25) is 5.10 Å². The van der Waals surface area contributed by atoms with Crippen molar-refractivity contribution >= 4 is 34.1 Å². The van der Waals surface area contributed by atoms with Gasteiger partial charge in [-0.15, -0.1) is 0 Å². The summed E-state index contributed by atoms with van der Waals surface area (Å²) in [5, 5.41) is 13.1. The van der Waals surface area contributed by atoms with Crippen molar-refractivity contribution in [2.45, 2.75) is 25.2 Å². The van der Waals surface area contributed by atoms with E-state index >= 15 is 0 Å². The third-order valence-electron chi connectivity index (χ3n) is 4.15. The van der Waals surface area contributed by atoms with Crippen LogP contribution in [0, 0.1) is 4.77 Å². The van der Waals surface area contributed by atoms with Crippen molar-refractivity contribution in [3.05, 3.63) is 33.5 Å². The minimum absolute atomic E-state index is 0.321. The molecule has 1 fully saturated rings. The molecular formula is C15H18BrN4O3S+. The Morgan fingerprint density at radius 2 is 2.33 bits per heavy atom. The second-order valence-corrected chi connectivity index (χ2v) is 6.97. The monoisotopic (exact) mass is 413 g/mol. The lowest BCUT2D eigenvalue weighted by molar-refractivity contribution is -0.928. The molecule has 0 aliphatic carbocycles. The van der Waals surface area contributed by atoms with E-state index in [1.54, 1.807) is 4.68 Å². The lowest BCUT2D eigenvalue weighted by Crippen LogP contribution is -3.14. The van der Waals surface area contributed by atoms with Gasteiger partial charge in [0.1, 0.15) is 12.6 Å². The van der Waals surface area contributed by atoms with Crippen LogP contribution in [-0.2, 0) is 16.2 Å². The number of likely N-dealkylation sites (tertiary alicyclic amines) is 1. The number of aromatic amines is 1. The first-order chi connectivity index (χ1) is 11.5. The fourth-order valence-electron chi connectivity index (χ4n) is 2.99. The number of carbonyl (C=O) groups excluding carboxylic acids is 1. The maximum absolute atomic E-state index is 11.9. The summed E-state index contributed by atoms with van der Waals surface area (Å²) in [6.45, 7) is 0.873. The molecule has 0 amide bonds. The number of carbonyl (C=O) groups is 1. The topological polar surface area (TPSA) is 84.6 Å². The zero-order valence-corrected chi connectivity index (χ0v) is 15.4. The molecule has 24 heavy (non-hydrogen) atoms. The third-order valence-corrected chi connectivity index (χ3v) is 5.16. The van der Waals surface area contributed by atoms with Gasteiger partial charge in [0, 0.05) is 16.5 Å². The number of hydrogen-bond acceptors (Lipinski definition) is 5. The summed E-state index contributed by atoms with van der Waals surface area (Å²) in [6, 6.07) is 7.32. The Morgan fingerprint density at radius 1 is 1.58 bits per heavy atom. The SMILES string of the molecule is COC(=O)[C@@H]1C[C@H](O)C[NH+]1Cn1[nH]c(-c2ccccc2Br)nc1=S.